The van der Waals surface area contributed by atoms with E-state index < -0.39 is 0 Å². The van der Waals surface area contributed by atoms with Crippen molar-refractivity contribution in [2.75, 3.05) is 24.8 Å². The maximum atomic E-state index is 12.9. The Morgan fingerprint density at radius 2 is 1.97 bits per heavy atom. The highest BCUT2D eigenvalue weighted by atomic mass is 16.5. The van der Waals surface area contributed by atoms with Crippen molar-refractivity contribution in [3.05, 3.63) is 59.7 Å². The predicted molar refractivity (Wildman–Crippen MR) is 126 cm³/mol. The van der Waals surface area contributed by atoms with Crippen molar-refractivity contribution in [3.8, 4) is 11.8 Å². The van der Waals surface area contributed by atoms with Crippen LogP contribution in [-0.2, 0) is 0 Å². The van der Waals surface area contributed by atoms with Crippen molar-refractivity contribution in [2.24, 2.45) is 10.9 Å². The molecule has 2 heterocycles. The summed E-state index contributed by atoms with van der Waals surface area (Å²) in [4.78, 5) is 29.6. The number of nitrogens with one attached hydrogen (secondary N) is 2. The molecule has 0 amide bonds. The molecule has 2 N–H and O–H groups in total. The summed E-state index contributed by atoms with van der Waals surface area (Å²) in [5, 5.41) is 15.5. The highest BCUT2D eigenvalue weighted by Gasteiger charge is 2.32. The zero-order valence-corrected chi connectivity index (χ0v) is 18.6. The van der Waals surface area contributed by atoms with Gasteiger partial charge in [0.25, 0.3) is 0 Å². The van der Waals surface area contributed by atoms with Crippen molar-refractivity contribution in [1.82, 2.24) is 15.0 Å². The fourth-order valence-corrected chi connectivity index (χ4v) is 3.41. The number of rotatable bonds is 8. The van der Waals surface area contributed by atoms with Crippen LogP contribution in [0.3, 0.4) is 0 Å². The molecule has 9 nitrogen and oxygen atoms in total. The highest BCUT2D eigenvalue weighted by molar-refractivity contribution is 6.06. The summed E-state index contributed by atoms with van der Waals surface area (Å²) in [5.74, 6) is 1.67. The van der Waals surface area contributed by atoms with Gasteiger partial charge >= 0.3 is 0 Å². The number of methoxy groups -OCH3 is 1. The zero-order valence-electron chi connectivity index (χ0n) is 18.6. The first-order valence-electron chi connectivity index (χ1n) is 10.5. The Bertz CT molecular complexity index is 1280. The normalized spacial score (nSPS) is 13.2. The highest BCUT2D eigenvalue weighted by Crippen LogP contribution is 2.38. The Morgan fingerprint density at radius 3 is 2.67 bits per heavy atom. The van der Waals surface area contributed by atoms with E-state index in [0.717, 1.165) is 24.1 Å². The molecule has 0 unspecified atom stereocenters. The van der Waals surface area contributed by atoms with Crippen LogP contribution in [0, 0.1) is 17.2 Å². The second kappa shape index (κ2) is 9.44. The van der Waals surface area contributed by atoms with Gasteiger partial charge in [0.15, 0.2) is 11.5 Å². The lowest BCUT2D eigenvalue weighted by atomic mass is 10.1. The monoisotopic (exact) mass is 441 g/mol. The van der Waals surface area contributed by atoms with Gasteiger partial charge in [-0.2, -0.15) is 5.26 Å². The number of Topliss-reactive ketones (excluding diaryl/α,β-unsaturated/α-hetero) is 1. The third-order valence-corrected chi connectivity index (χ3v) is 5.34. The van der Waals surface area contributed by atoms with Crippen molar-refractivity contribution >= 4 is 34.5 Å². The van der Waals surface area contributed by atoms with Crippen LogP contribution in [0.4, 0.5) is 23.0 Å². The van der Waals surface area contributed by atoms with Gasteiger partial charge in [-0.25, -0.2) is 15.0 Å². The lowest BCUT2D eigenvalue weighted by molar-refractivity contribution is 0.0968. The van der Waals surface area contributed by atoms with Gasteiger partial charge < -0.3 is 15.4 Å². The Balaban J connectivity index is 1.73. The number of aliphatic imine (C=N–C) groups is 1. The van der Waals surface area contributed by atoms with Crippen LogP contribution in [0.25, 0.3) is 0 Å². The number of hydrogen-bond donors (Lipinski definition) is 2. The minimum absolute atomic E-state index is 0.0360. The molecule has 3 aromatic rings. The van der Waals surface area contributed by atoms with Crippen LogP contribution in [0.15, 0.2) is 47.7 Å². The van der Waals surface area contributed by atoms with E-state index in [2.05, 4.69) is 30.6 Å². The van der Waals surface area contributed by atoms with Crippen molar-refractivity contribution in [3.63, 3.8) is 0 Å². The molecule has 2 aromatic heterocycles. The molecule has 0 atom stereocenters. The van der Waals surface area contributed by atoms with Crippen LogP contribution in [0.5, 0.6) is 5.75 Å². The molecule has 1 fully saturated rings. The van der Waals surface area contributed by atoms with Crippen molar-refractivity contribution in [2.45, 2.75) is 19.8 Å². The molecule has 0 spiro atoms. The third-order valence-electron chi connectivity index (χ3n) is 5.34. The second-order valence-electron chi connectivity index (χ2n) is 7.58. The predicted octanol–water partition coefficient (Wildman–Crippen LogP) is 4.27. The number of hydrogen-bond acceptors (Lipinski definition) is 9. The number of aromatic nitrogens is 3. The zero-order chi connectivity index (χ0) is 23.4. The summed E-state index contributed by atoms with van der Waals surface area (Å²) in [5.41, 5.74) is 3.50. The van der Waals surface area contributed by atoms with E-state index in [-0.39, 0.29) is 17.5 Å². The molecule has 1 aliphatic carbocycles. The maximum absolute atomic E-state index is 12.9. The van der Waals surface area contributed by atoms with E-state index in [0.29, 0.717) is 34.3 Å². The minimum atomic E-state index is 0.0360. The van der Waals surface area contributed by atoms with Crippen LogP contribution >= 0.6 is 0 Å². The van der Waals surface area contributed by atoms with Gasteiger partial charge in [-0.1, -0.05) is 6.07 Å². The first-order chi connectivity index (χ1) is 16.0. The molecule has 33 heavy (non-hydrogen) atoms. The van der Waals surface area contributed by atoms with Gasteiger partial charge in [0.2, 0.25) is 5.82 Å². The number of carbonyl (C=O) groups is 1. The summed E-state index contributed by atoms with van der Waals surface area (Å²) in [7, 11) is 3.33. The smallest absolute Gasteiger partial charge is 0.234 e. The SMILES string of the molecule is CN=C(C)c1cccc(Nc2cc(Nc3ccnc(C#N)n3)ncc2C(=O)C2CC2)c1OC. The largest absolute Gasteiger partial charge is 0.494 e. The Morgan fingerprint density at radius 1 is 1.15 bits per heavy atom. The van der Waals surface area contributed by atoms with Gasteiger partial charge in [0, 0.05) is 42.7 Å². The quantitative estimate of drug-likeness (QED) is 0.392. The summed E-state index contributed by atoms with van der Waals surface area (Å²) >= 11 is 0. The Labute approximate surface area is 191 Å². The molecule has 166 valence electrons. The average molecular weight is 441 g/mol. The molecule has 0 radical (unpaired) electrons. The van der Waals surface area contributed by atoms with Gasteiger partial charge in [0.1, 0.15) is 17.7 Å². The standard InChI is InChI=1S/C24H23N7O2/c1-14(26-2)16-5-4-6-18(24(16)33-3)29-19-11-21(28-13-17(19)23(32)15-7-8-15)30-20-9-10-27-22(12-25)31-20/h4-6,9-11,13,15H,7-8H2,1-3H3,(H2,27,28,29,30,31). The number of nitrogens with zero attached hydrogens (tertiary/aromatic N) is 5. The number of carbonyl (C=O) groups excluding carboxylic acids is 1. The van der Waals surface area contributed by atoms with E-state index in [1.54, 1.807) is 32.5 Å². The molecular formula is C24H23N7O2. The van der Waals surface area contributed by atoms with Crippen LogP contribution in [0.1, 0.15) is 41.5 Å². The van der Waals surface area contributed by atoms with E-state index in [9.17, 15) is 4.79 Å². The summed E-state index contributed by atoms with van der Waals surface area (Å²) in [6.07, 6.45) is 4.83. The van der Waals surface area contributed by atoms with Crippen LogP contribution < -0.4 is 15.4 Å². The van der Waals surface area contributed by atoms with Gasteiger partial charge in [-0.15, -0.1) is 0 Å². The van der Waals surface area contributed by atoms with Gasteiger partial charge in [0.05, 0.1) is 24.0 Å². The molecular weight excluding hydrogens is 418 g/mol. The number of anilines is 4. The number of pyridine rings is 1. The maximum Gasteiger partial charge on any atom is 0.234 e. The molecule has 9 heteroatoms. The summed E-state index contributed by atoms with van der Waals surface area (Å²) < 4.78 is 5.68. The summed E-state index contributed by atoms with van der Waals surface area (Å²) in [6, 6.07) is 11.0. The molecule has 1 saturated carbocycles. The molecule has 0 bridgehead atoms. The Hall–Kier alpha value is -4.32. The summed E-state index contributed by atoms with van der Waals surface area (Å²) in [6.45, 7) is 1.91. The number of benzene rings is 1. The van der Waals surface area contributed by atoms with Crippen molar-refractivity contribution in [1.29, 1.82) is 5.26 Å². The van der Waals surface area contributed by atoms with Crippen LogP contribution in [-0.4, -0.2) is 40.6 Å². The molecule has 1 aliphatic rings. The van der Waals surface area contributed by atoms with E-state index >= 15 is 0 Å². The van der Waals surface area contributed by atoms with E-state index in [1.165, 1.54) is 6.20 Å². The lowest BCUT2D eigenvalue weighted by Crippen LogP contribution is -2.09. The number of nitriles is 1. The molecule has 1 aromatic carbocycles. The molecule has 4 rings (SSSR count). The second-order valence-corrected chi connectivity index (χ2v) is 7.58. The molecule has 0 saturated heterocycles. The topological polar surface area (TPSA) is 125 Å². The number of para-hydroxylation sites is 1. The number of ether oxygens (including phenoxy) is 1. The average Bonchev–Trinajstić information content (AvgIpc) is 3.69. The first-order valence-corrected chi connectivity index (χ1v) is 10.5. The van der Waals surface area contributed by atoms with Gasteiger partial charge in [-0.3, -0.25) is 9.79 Å². The van der Waals surface area contributed by atoms with Gasteiger partial charge in [-0.05, 0) is 38.0 Å². The van der Waals surface area contributed by atoms with Crippen LogP contribution in [0.2, 0.25) is 0 Å². The third kappa shape index (κ3) is 4.80. The minimum Gasteiger partial charge on any atom is -0.494 e. The fourth-order valence-electron chi connectivity index (χ4n) is 3.41. The first kappa shape index (κ1) is 21.9. The Kier molecular flexibility index (Phi) is 6.26. The van der Waals surface area contributed by atoms with E-state index in [1.807, 2.05) is 31.2 Å². The number of ketones is 1. The van der Waals surface area contributed by atoms with Crippen molar-refractivity contribution < 1.29 is 9.53 Å². The lowest BCUT2D eigenvalue weighted by Gasteiger charge is -2.17. The van der Waals surface area contributed by atoms with E-state index in [4.69, 9.17) is 10.00 Å². The molecule has 0 aliphatic heterocycles. The fraction of sp³-hybridized carbons (Fsp3) is 0.250.